The molecule has 3 aromatic carbocycles. The van der Waals surface area contributed by atoms with Crippen molar-refractivity contribution in [3.05, 3.63) is 71.8 Å². The van der Waals surface area contributed by atoms with Gasteiger partial charge in [0.1, 0.15) is 0 Å². The minimum atomic E-state index is 1.27. The molecule has 0 aliphatic rings. The van der Waals surface area contributed by atoms with Gasteiger partial charge in [-0.1, -0.05) is 66.2 Å². The van der Waals surface area contributed by atoms with Gasteiger partial charge in [-0.15, -0.1) is 0 Å². The number of rotatable bonds is 0. The molecule has 0 nitrogen and oxygen atoms in total. The fourth-order valence-corrected chi connectivity index (χ4v) is 2.51. The molecular formula is C18H16. The number of aryl methyl sites for hydroxylation is 2. The lowest BCUT2D eigenvalue weighted by Crippen LogP contribution is -1.81. The van der Waals surface area contributed by atoms with E-state index in [1.807, 2.05) is 0 Å². The number of benzene rings is 2. The normalized spacial score (nSPS) is 10.8. The Labute approximate surface area is 108 Å². The summed E-state index contributed by atoms with van der Waals surface area (Å²) in [7, 11) is 0. The van der Waals surface area contributed by atoms with E-state index >= 15 is 0 Å². The van der Waals surface area contributed by atoms with Gasteiger partial charge in [-0.3, -0.25) is 0 Å². The minimum absolute atomic E-state index is 1.27. The molecule has 0 N–H and O–H groups in total. The molecule has 0 aliphatic heterocycles. The molecule has 0 aliphatic carbocycles. The third-order valence-electron chi connectivity index (χ3n) is 3.54. The molecule has 0 saturated heterocycles. The molecule has 0 spiro atoms. The Hall–Kier alpha value is -2.08. The summed E-state index contributed by atoms with van der Waals surface area (Å²) in [5.74, 6) is 0. The summed E-state index contributed by atoms with van der Waals surface area (Å²) < 4.78 is 0. The highest BCUT2D eigenvalue weighted by atomic mass is 14.0. The van der Waals surface area contributed by atoms with Crippen molar-refractivity contribution >= 4 is 21.5 Å². The Balaban J connectivity index is 2.61. The Morgan fingerprint density at radius 1 is 0.556 bits per heavy atom. The van der Waals surface area contributed by atoms with Crippen LogP contribution in [0.15, 0.2) is 60.7 Å². The van der Waals surface area contributed by atoms with Gasteiger partial charge in [0.2, 0.25) is 0 Å². The Morgan fingerprint density at radius 2 is 1.11 bits per heavy atom. The molecule has 88 valence electrons. The smallest absolute Gasteiger partial charge is 0.00762 e. The van der Waals surface area contributed by atoms with Gasteiger partial charge in [0, 0.05) is 0 Å². The van der Waals surface area contributed by atoms with Crippen molar-refractivity contribution in [1.82, 2.24) is 0 Å². The quantitative estimate of drug-likeness (QED) is 0.501. The zero-order valence-electron chi connectivity index (χ0n) is 10.8. The highest BCUT2D eigenvalue weighted by Crippen LogP contribution is 2.26. The first-order valence-electron chi connectivity index (χ1n) is 6.31. The van der Waals surface area contributed by atoms with Crippen molar-refractivity contribution in [1.29, 1.82) is 0 Å². The maximum Gasteiger partial charge on any atom is -0.00762 e. The first kappa shape index (κ1) is 11.0. The second-order valence-electron chi connectivity index (χ2n) is 4.83. The molecule has 3 rings (SSSR count). The largest absolute Gasteiger partial charge is 0.0614 e. The maximum atomic E-state index is 2.21. The summed E-state index contributed by atoms with van der Waals surface area (Å²) in [6, 6.07) is 21.8. The van der Waals surface area contributed by atoms with Gasteiger partial charge in [0.15, 0.2) is 0 Å². The van der Waals surface area contributed by atoms with Crippen LogP contribution in [0.3, 0.4) is 0 Å². The summed E-state index contributed by atoms with van der Waals surface area (Å²) in [5, 5.41) is 5.28. The van der Waals surface area contributed by atoms with E-state index in [9.17, 15) is 0 Å². The summed E-state index contributed by atoms with van der Waals surface area (Å²) in [5.41, 5.74) is 2.63. The second kappa shape index (κ2) is 4.30. The van der Waals surface area contributed by atoms with E-state index in [1.165, 1.54) is 32.7 Å². The molecule has 0 heteroatoms. The van der Waals surface area contributed by atoms with Crippen molar-refractivity contribution in [3.63, 3.8) is 0 Å². The predicted octanol–water partition coefficient (Wildman–Crippen LogP) is 5.17. The van der Waals surface area contributed by atoms with E-state index in [1.54, 1.807) is 0 Å². The molecule has 0 heterocycles. The number of hydrogen-bond acceptors (Lipinski definition) is 0. The molecule has 0 saturated carbocycles. The van der Waals surface area contributed by atoms with E-state index in [0.717, 1.165) is 0 Å². The highest BCUT2D eigenvalue weighted by Gasteiger charge is 2.01. The Morgan fingerprint density at radius 3 is 1.89 bits per heavy atom. The van der Waals surface area contributed by atoms with Gasteiger partial charge >= 0.3 is 0 Å². The van der Waals surface area contributed by atoms with Crippen LogP contribution in [-0.4, -0.2) is 0 Å². The number of fused-ring (bicyclic) bond motifs is 1. The van der Waals surface area contributed by atoms with Crippen LogP contribution < -0.4 is 0 Å². The van der Waals surface area contributed by atoms with E-state index in [-0.39, 0.29) is 0 Å². The predicted molar refractivity (Wildman–Crippen MR) is 79.7 cm³/mol. The summed E-state index contributed by atoms with van der Waals surface area (Å²) in [6.45, 7) is 4.34. The van der Waals surface area contributed by atoms with Crippen molar-refractivity contribution in [3.8, 4) is 0 Å². The first-order valence-corrected chi connectivity index (χ1v) is 6.31. The van der Waals surface area contributed by atoms with Crippen LogP contribution in [0.25, 0.3) is 21.5 Å². The fraction of sp³-hybridized carbons (Fsp3) is 0.111. The number of hydrogen-bond donors (Lipinski definition) is 0. The lowest BCUT2D eigenvalue weighted by atomic mass is 9.99. The van der Waals surface area contributed by atoms with Crippen LogP contribution in [0.5, 0.6) is 0 Å². The third-order valence-corrected chi connectivity index (χ3v) is 3.54. The molecule has 3 aromatic rings. The van der Waals surface area contributed by atoms with Crippen molar-refractivity contribution in [2.24, 2.45) is 0 Å². The first-order chi connectivity index (χ1) is 8.75. The van der Waals surface area contributed by atoms with E-state index in [4.69, 9.17) is 0 Å². The van der Waals surface area contributed by atoms with Gasteiger partial charge in [-0.05, 0) is 41.0 Å². The minimum Gasteiger partial charge on any atom is -0.0614 e. The van der Waals surface area contributed by atoms with Gasteiger partial charge in [0.25, 0.3) is 0 Å². The van der Waals surface area contributed by atoms with Gasteiger partial charge in [0.05, 0.1) is 0 Å². The molecular weight excluding hydrogens is 216 g/mol. The topological polar surface area (TPSA) is 0 Å². The second-order valence-corrected chi connectivity index (χ2v) is 4.83. The van der Waals surface area contributed by atoms with Crippen LogP contribution in [0.1, 0.15) is 11.1 Å². The zero-order chi connectivity index (χ0) is 12.5. The van der Waals surface area contributed by atoms with Crippen molar-refractivity contribution in [2.75, 3.05) is 0 Å². The van der Waals surface area contributed by atoms with Crippen LogP contribution in [-0.2, 0) is 0 Å². The fourth-order valence-electron chi connectivity index (χ4n) is 2.51. The Bertz CT molecular complexity index is 752. The summed E-state index contributed by atoms with van der Waals surface area (Å²) in [4.78, 5) is 0. The van der Waals surface area contributed by atoms with Crippen molar-refractivity contribution in [2.45, 2.75) is 13.8 Å². The van der Waals surface area contributed by atoms with E-state index < -0.39 is 0 Å². The lowest BCUT2D eigenvalue weighted by molar-refractivity contribution is 1.49. The van der Waals surface area contributed by atoms with Crippen LogP contribution in [0, 0.1) is 13.8 Å². The van der Waals surface area contributed by atoms with E-state index in [2.05, 4.69) is 74.5 Å². The highest BCUT2D eigenvalue weighted by molar-refractivity contribution is 6.03. The average molecular weight is 232 g/mol. The molecule has 0 aromatic heterocycles. The average Bonchev–Trinajstić information content (AvgIpc) is 2.37. The lowest BCUT2D eigenvalue weighted by Gasteiger charge is -2.06. The van der Waals surface area contributed by atoms with E-state index in [0.29, 0.717) is 0 Å². The molecule has 2 bridgehead atoms. The van der Waals surface area contributed by atoms with Gasteiger partial charge in [-0.2, -0.15) is 0 Å². The molecule has 0 unspecified atom stereocenters. The van der Waals surface area contributed by atoms with Gasteiger partial charge in [-0.25, -0.2) is 0 Å². The monoisotopic (exact) mass is 232 g/mol. The Kier molecular flexibility index (Phi) is 2.64. The zero-order valence-corrected chi connectivity index (χ0v) is 10.8. The van der Waals surface area contributed by atoms with Crippen molar-refractivity contribution < 1.29 is 0 Å². The molecule has 0 fully saturated rings. The maximum absolute atomic E-state index is 2.21. The molecule has 18 heavy (non-hydrogen) atoms. The van der Waals surface area contributed by atoms with Gasteiger partial charge < -0.3 is 0 Å². The standard InChI is InChI=1S/C18H16/c1-13-5-3-6-16-7-4-8-17-12-11-15(10-9-13)14(2)18(16)17/h3-12H,1-2H3. The van der Waals surface area contributed by atoms with Crippen LogP contribution in [0.2, 0.25) is 0 Å². The summed E-state index contributed by atoms with van der Waals surface area (Å²) in [6.07, 6.45) is 0. The van der Waals surface area contributed by atoms with Crippen LogP contribution in [0.4, 0.5) is 0 Å². The molecule has 0 amide bonds. The summed E-state index contributed by atoms with van der Waals surface area (Å²) >= 11 is 0. The SMILES string of the molecule is Cc1cccc2cccc3ccc(cc1)c(C)c23. The molecule has 0 radical (unpaired) electrons. The van der Waals surface area contributed by atoms with Crippen LogP contribution >= 0.6 is 0 Å². The third kappa shape index (κ3) is 1.80. The molecule has 0 atom stereocenters.